The summed E-state index contributed by atoms with van der Waals surface area (Å²) in [4.78, 5) is 10.9. The Labute approximate surface area is 72.6 Å². The van der Waals surface area contributed by atoms with Crippen LogP contribution < -0.4 is 5.32 Å². The van der Waals surface area contributed by atoms with Gasteiger partial charge in [0.15, 0.2) is 0 Å². The fourth-order valence-corrected chi connectivity index (χ4v) is 0.747. The first-order valence-electron chi connectivity index (χ1n) is 4.22. The highest BCUT2D eigenvalue weighted by Gasteiger charge is 2.01. The van der Waals surface area contributed by atoms with Crippen molar-refractivity contribution in [3.8, 4) is 0 Å². The first-order valence-corrected chi connectivity index (χ1v) is 4.22. The first kappa shape index (κ1) is 11.4. The van der Waals surface area contributed by atoms with Crippen molar-refractivity contribution in [3.05, 3.63) is 0 Å². The van der Waals surface area contributed by atoms with Crippen LogP contribution in [0, 0.1) is 0 Å². The molecule has 0 aliphatic rings. The van der Waals surface area contributed by atoms with Gasteiger partial charge in [0, 0.05) is 19.6 Å². The Bertz CT molecular complexity index is 125. The van der Waals surface area contributed by atoms with Gasteiger partial charge in [-0.15, -0.1) is 0 Å². The lowest BCUT2D eigenvalue weighted by Crippen LogP contribution is -2.30. The molecule has 0 bridgehead atoms. The van der Waals surface area contributed by atoms with Gasteiger partial charge in [0.2, 0.25) is 5.91 Å². The van der Waals surface area contributed by atoms with Crippen molar-refractivity contribution in [2.75, 3.05) is 13.2 Å². The molecular weight excluding hydrogens is 158 g/mol. The van der Waals surface area contributed by atoms with Crippen LogP contribution in [-0.2, 0) is 4.79 Å². The number of nitrogens with one attached hydrogen (secondary N) is 1. The van der Waals surface area contributed by atoms with Crippen molar-refractivity contribution in [1.82, 2.24) is 5.32 Å². The summed E-state index contributed by atoms with van der Waals surface area (Å²) in [7, 11) is 0. The lowest BCUT2D eigenvalue weighted by molar-refractivity contribution is -0.121. The molecule has 0 aromatic carbocycles. The summed E-state index contributed by atoms with van der Waals surface area (Å²) in [5.41, 5.74) is 0. The topological polar surface area (TPSA) is 69.6 Å². The van der Waals surface area contributed by atoms with Crippen molar-refractivity contribution in [2.24, 2.45) is 0 Å². The molecule has 0 radical (unpaired) electrons. The van der Waals surface area contributed by atoms with Crippen LogP contribution in [0.3, 0.4) is 0 Å². The highest BCUT2D eigenvalue weighted by molar-refractivity contribution is 5.75. The zero-order valence-electron chi connectivity index (χ0n) is 7.42. The van der Waals surface area contributed by atoms with E-state index in [0.29, 0.717) is 25.8 Å². The summed E-state index contributed by atoms with van der Waals surface area (Å²) in [5.74, 6) is -0.0654. The van der Waals surface area contributed by atoms with E-state index >= 15 is 0 Å². The maximum atomic E-state index is 10.9. The Kier molecular flexibility index (Phi) is 6.70. The summed E-state index contributed by atoms with van der Waals surface area (Å²) in [5, 5.41) is 19.8. The maximum absolute atomic E-state index is 10.9. The predicted octanol–water partition coefficient (Wildman–Crippen LogP) is -0.354. The van der Waals surface area contributed by atoms with Gasteiger partial charge >= 0.3 is 0 Å². The number of hydrogen-bond acceptors (Lipinski definition) is 3. The molecule has 1 atom stereocenters. The van der Waals surface area contributed by atoms with Crippen molar-refractivity contribution in [3.63, 3.8) is 0 Å². The average Bonchev–Trinajstić information content (AvgIpc) is 2.01. The van der Waals surface area contributed by atoms with Crippen LogP contribution >= 0.6 is 0 Å². The summed E-state index contributed by atoms with van der Waals surface area (Å²) < 4.78 is 0. The van der Waals surface area contributed by atoms with Crippen LogP contribution in [0.5, 0.6) is 0 Å². The second-order valence-electron chi connectivity index (χ2n) is 2.83. The molecular formula is C8H17NO3. The summed E-state index contributed by atoms with van der Waals surface area (Å²) >= 11 is 0. The highest BCUT2D eigenvalue weighted by Crippen LogP contribution is 1.93. The van der Waals surface area contributed by atoms with E-state index in [1.807, 2.05) is 0 Å². The van der Waals surface area contributed by atoms with Crippen LogP contribution in [0.2, 0.25) is 0 Å². The van der Waals surface area contributed by atoms with Gasteiger partial charge in [-0.25, -0.2) is 0 Å². The van der Waals surface area contributed by atoms with Crippen LogP contribution in [0.15, 0.2) is 0 Å². The van der Waals surface area contributed by atoms with E-state index in [2.05, 4.69) is 5.32 Å². The molecule has 72 valence electrons. The number of unbranched alkanes of at least 4 members (excludes halogenated alkanes) is 1. The number of aliphatic hydroxyl groups excluding tert-OH is 2. The molecule has 1 amide bonds. The molecule has 0 aromatic rings. The van der Waals surface area contributed by atoms with Crippen molar-refractivity contribution in [2.45, 2.75) is 32.3 Å². The second kappa shape index (κ2) is 7.06. The second-order valence-corrected chi connectivity index (χ2v) is 2.83. The van der Waals surface area contributed by atoms with Gasteiger partial charge in [-0.3, -0.25) is 4.79 Å². The third kappa shape index (κ3) is 7.50. The van der Waals surface area contributed by atoms with E-state index in [4.69, 9.17) is 10.2 Å². The van der Waals surface area contributed by atoms with Crippen molar-refractivity contribution in [1.29, 1.82) is 0 Å². The van der Waals surface area contributed by atoms with Crippen LogP contribution in [0.4, 0.5) is 0 Å². The zero-order chi connectivity index (χ0) is 9.40. The molecule has 0 spiro atoms. The standard InChI is InChI=1S/C8H17NO3/c1-7(11)6-9-8(12)4-2-3-5-10/h7,10-11H,2-6H2,1H3,(H,9,12)/t7-/m0/s1. The van der Waals surface area contributed by atoms with Gasteiger partial charge in [0.1, 0.15) is 0 Å². The summed E-state index contributed by atoms with van der Waals surface area (Å²) in [6.45, 7) is 2.05. The number of rotatable bonds is 6. The van der Waals surface area contributed by atoms with Crippen LogP contribution in [0.25, 0.3) is 0 Å². The van der Waals surface area contributed by atoms with E-state index in [1.165, 1.54) is 0 Å². The van der Waals surface area contributed by atoms with Gasteiger partial charge in [0.05, 0.1) is 6.10 Å². The molecule has 12 heavy (non-hydrogen) atoms. The van der Waals surface area contributed by atoms with Gasteiger partial charge < -0.3 is 15.5 Å². The minimum Gasteiger partial charge on any atom is -0.396 e. The van der Waals surface area contributed by atoms with Crippen molar-refractivity contribution < 1.29 is 15.0 Å². The zero-order valence-corrected chi connectivity index (χ0v) is 7.42. The third-order valence-electron chi connectivity index (χ3n) is 1.41. The number of carbonyl (C=O) groups excluding carboxylic acids is 1. The van der Waals surface area contributed by atoms with E-state index < -0.39 is 6.10 Å². The molecule has 0 aliphatic heterocycles. The average molecular weight is 175 g/mol. The number of amides is 1. The monoisotopic (exact) mass is 175 g/mol. The van der Waals surface area contributed by atoms with Gasteiger partial charge in [-0.2, -0.15) is 0 Å². The minimum atomic E-state index is -0.494. The summed E-state index contributed by atoms with van der Waals surface area (Å²) in [6.07, 6.45) is 1.28. The fourth-order valence-electron chi connectivity index (χ4n) is 0.747. The Hall–Kier alpha value is -0.610. The molecule has 0 aromatic heterocycles. The molecule has 0 unspecified atom stereocenters. The minimum absolute atomic E-state index is 0.0654. The Morgan fingerprint density at radius 2 is 2.17 bits per heavy atom. The number of aliphatic hydroxyl groups is 2. The molecule has 0 heterocycles. The van der Waals surface area contributed by atoms with E-state index in [1.54, 1.807) is 6.92 Å². The smallest absolute Gasteiger partial charge is 0.220 e. The Morgan fingerprint density at radius 1 is 1.50 bits per heavy atom. The largest absolute Gasteiger partial charge is 0.396 e. The van der Waals surface area contributed by atoms with Gasteiger partial charge in [0.25, 0.3) is 0 Å². The molecule has 4 nitrogen and oxygen atoms in total. The molecule has 3 N–H and O–H groups in total. The molecule has 4 heteroatoms. The molecule has 0 saturated carbocycles. The Balaban J connectivity index is 3.22. The van der Waals surface area contributed by atoms with Crippen LogP contribution in [0.1, 0.15) is 26.2 Å². The SMILES string of the molecule is C[C@H](O)CNC(=O)CCCCO. The van der Waals surface area contributed by atoms with Crippen LogP contribution in [-0.4, -0.2) is 35.4 Å². The maximum Gasteiger partial charge on any atom is 0.220 e. The summed E-state index contributed by atoms with van der Waals surface area (Å²) in [6, 6.07) is 0. The quantitative estimate of drug-likeness (QED) is 0.483. The lowest BCUT2D eigenvalue weighted by atomic mass is 10.2. The molecule has 0 rings (SSSR count). The normalized spacial score (nSPS) is 12.6. The molecule has 0 saturated heterocycles. The molecule has 0 aliphatic carbocycles. The fraction of sp³-hybridized carbons (Fsp3) is 0.875. The van der Waals surface area contributed by atoms with E-state index in [-0.39, 0.29) is 12.5 Å². The predicted molar refractivity (Wildman–Crippen MR) is 45.6 cm³/mol. The van der Waals surface area contributed by atoms with E-state index in [0.717, 1.165) is 0 Å². The number of carbonyl (C=O) groups is 1. The lowest BCUT2D eigenvalue weighted by Gasteiger charge is -2.06. The first-order chi connectivity index (χ1) is 5.66. The van der Waals surface area contributed by atoms with Crippen molar-refractivity contribution >= 4 is 5.91 Å². The van der Waals surface area contributed by atoms with Gasteiger partial charge in [-0.1, -0.05) is 0 Å². The molecule has 0 fully saturated rings. The Morgan fingerprint density at radius 3 is 2.67 bits per heavy atom. The highest BCUT2D eigenvalue weighted by atomic mass is 16.3. The number of hydrogen-bond donors (Lipinski definition) is 3. The van der Waals surface area contributed by atoms with Gasteiger partial charge in [-0.05, 0) is 19.8 Å². The third-order valence-corrected chi connectivity index (χ3v) is 1.41. The van der Waals surface area contributed by atoms with E-state index in [9.17, 15) is 4.79 Å².